The molecule has 3 heterocycles. The minimum absolute atomic E-state index is 0.124. The Labute approximate surface area is 196 Å². The summed E-state index contributed by atoms with van der Waals surface area (Å²) in [5.41, 5.74) is 5.77. The van der Waals surface area contributed by atoms with Crippen molar-refractivity contribution < 1.29 is 4.79 Å². The fourth-order valence-corrected chi connectivity index (χ4v) is 5.19. The monoisotopic (exact) mass is 483 g/mol. The summed E-state index contributed by atoms with van der Waals surface area (Å²) in [5, 5.41) is 2.17. The lowest BCUT2D eigenvalue weighted by molar-refractivity contribution is 0.102. The number of anilines is 1. The van der Waals surface area contributed by atoms with Crippen molar-refractivity contribution in [2.24, 2.45) is 7.05 Å². The van der Waals surface area contributed by atoms with Crippen molar-refractivity contribution in [3.63, 3.8) is 0 Å². The maximum absolute atomic E-state index is 13.1. The highest BCUT2D eigenvalue weighted by Gasteiger charge is 2.23. The SMILES string of the molecule is CCn1c(SCC(=O)c2c(N)n(Cc3ccccc3)c(=O)n(C)c2=O)nc2ccsc2c1=O. The molecule has 0 saturated carbocycles. The molecular weight excluding hydrogens is 462 g/mol. The summed E-state index contributed by atoms with van der Waals surface area (Å²) in [6, 6.07) is 10.9. The second-order valence-electron chi connectivity index (χ2n) is 7.27. The van der Waals surface area contributed by atoms with E-state index in [-0.39, 0.29) is 29.2 Å². The van der Waals surface area contributed by atoms with Crippen molar-refractivity contribution in [3.05, 3.63) is 84.1 Å². The lowest BCUT2D eigenvalue weighted by atomic mass is 10.2. The number of hydrogen-bond acceptors (Lipinski definition) is 8. The van der Waals surface area contributed by atoms with Crippen LogP contribution in [0.2, 0.25) is 0 Å². The zero-order chi connectivity index (χ0) is 23.7. The summed E-state index contributed by atoms with van der Waals surface area (Å²) in [5.74, 6) is -0.876. The molecule has 0 radical (unpaired) electrons. The van der Waals surface area contributed by atoms with Crippen LogP contribution in [0.25, 0.3) is 10.2 Å². The molecule has 33 heavy (non-hydrogen) atoms. The van der Waals surface area contributed by atoms with Crippen LogP contribution in [0, 0.1) is 0 Å². The van der Waals surface area contributed by atoms with Crippen molar-refractivity contribution in [1.82, 2.24) is 18.7 Å². The van der Waals surface area contributed by atoms with Gasteiger partial charge in [-0.25, -0.2) is 9.78 Å². The van der Waals surface area contributed by atoms with Gasteiger partial charge in [0.05, 0.1) is 17.8 Å². The Kier molecular flexibility index (Phi) is 6.34. The minimum atomic E-state index is -0.749. The third kappa shape index (κ3) is 4.16. The van der Waals surface area contributed by atoms with Gasteiger partial charge in [0.1, 0.15) is 16.1 Å². The van der Waals surface area contributed by atoms with Gasteiger partial charge in [-0.3, -0.25) is 28.1 Å². The first-order valence-corrected chi connectivity index (χ1v) is 12.0. The Bertz CT molecular complexity index is 1530. The summed E-state index contributed by atoms with van der Waals surface area (Å²) >= 11 is 2.38. The summed E-state index contributed by atoms with van der Waals surface area (Å²) in [4.78, 5) is 55.7. The molecule has 4 rings (SSSR count). The third-order valence-corrected chi connectivity index (χ3v) is 7.09. The molecule has 0 unspecified atom stereocenters. The molecule has 11 heteroatoms. The molecule has 0 aliphatic carbocycles. The van der Waals surface area contributed by atoms with Gasteiger partial charge in [0.2, 0.25) is 0 Å². The van der Waals surface area contributed by atoms with Crippen molar-refractivity contribution in [3.8, 4) is 0 Å². The Hall–Kier alpha value is -3.44. The molecular formula is C22H21N5O4S2. The van der Waals surface area contributed by atoms with E-state index in [0.717, 1.165) is 21.9 Å². The molecule has 4 aromatic rings. The van der Waals surface area contributed by atoms with Gasteiger partial charge in [0.15, 0.2) is 10.9 Å². The number of nitrogens with two attached hydrogens (primary N) is 1. The van der Waals surface area contributed by atoms with Crippen LogP contribution in [0.4, 0.5) is 5.82 Å². The number of fused-ring (bicyclic) bond motifs is 1. The van der Waals surface area contributed by atoms with Crippen molar-refractivity contribution in [2.75, 3.05) is 11.5 Å². The topological polar surface area (TPSA) is 122 Å². The van der Waals surface area contributed by atoms with Crippen LogP contribution in [-0.2, 0) is 20.1 Å². The molecule has 0 bridgehead atoms. The predicted molar refractivity (Wildman–Crippen MR) is 131 cm³/mol. The lowest BCUT2D eigenvalue weighted by Crippen LogP contribution is -2.43. The summed E-state index contributed by atoms with van der Waals surface area (Å²) in [6.07, 6.45) is 0. The van der Waals surface area contributed by atoms with Gasteiger partial charge in [-0.2, -0.15) is 0 Å². The number of ketones is 1. The molecule has 0 atom stereocenters. The van der Waals surface area contributed by atoms with Gasteiger partial charge < -0.3 is 5.73 Å². The summed E-state index contributed by atoms with van der Waals surface area (Å²) in [6.45, 7) is 2.34. The van der Waals surface area contributed by atoms with Crippen LogP contribution in [-0.4, -0.2) is 30.2 Å². The normalized spacial score (nSPS) is 11.2. The van der Waals surface area contributed by atoms with Crippen molar-refractivity contribution in [1.29, 1.82) is 0 Å². The maximum atomic E-state index is 13.1. The van der Waals surface area contributed by atoms with Gasteiger partial charge in [-0.05, 0) is 23.9 Å². The number of Topliss-reactive ketones (excluding diaryl/α,β-unsaturated/α-hetero) is 1. The van der Waals surface area contributed by atoms with Crippen LogP contribution >= 0.6 is 23.1 Å². The standard InChI is InChI=1S/C22H21N5O4S2/c1-3-26-20(30)17-14(9-10-32-17)24-21(26)33-12-15(28)16-18(23)27(22(31)25(2)19(16)29)11-13-7-5-4-6-8-13/h4-10H,3,11-12,23H2,1-2H3. The first-order chi connectivity index (χ1) is 15.8. The smallest absolute Gasteiger partial charge is 0.332 e. The number of carbonyl (C=O) groups excluding carboxylic acids is 1. The van der Waals surface area contributed by atoms with E-state index in [0.29, 0.717) is 21.9 Å². The molecule has 0 fully saturated rings. The maximum Gasteiger partial charge on any atom is 0.332 e. The number of rotatable bonds is 7. The van der Waals surface area contributed by atoms with Crippen LogP contribution < -0.4 is 22.5 Å². The molecule has 3 aromatic heterocycles. The summed E-state index contributed by atoms with van der Waals surface area (Å²) < 4.78 is 4.15. The molecule has 2 N–H and O–H groups in total. The van der Waals surface area contributed by atoms with E-state index < -0.39 is 17.0 Å². The van der Waals surface area contributed by atoms with E-state index in [2.05, 4.69) is 4.98 Å². The lowest BCUT2D eigenvalue weighted by Gasteiger charge is -2.15. The molecule has 0 aliphatic heterocycles. The van der Waals surface area contributed by atoms with Crippen molar-refractivity contribution in [2.45, 2.75) is 25.2 Å². The van der Waals surface area contributed by atoms with Gasteiger partial charge in [-0.1, -0.05) is 42.1 Å². The highest BCUT2D eigenvalue weighted by molar-refractivity contribution is 7.99. The number of nitrogen functional groups attached to an aromatic ring is 1. The Morgan fingerprint density at radius 1 is 1.09 bits per heavy atom. The van der Waals surface area contributed by atoms with E-state index in [1.54, 1.807) is 11.4 Å². The minimum Gasteiger partial charge on any atom is -0.384 e. The van der Waals surface area contributed by atoms with Crippen LogP contribution in [0.5, 0.6) is 0 Å². The molecule has 0 spiro atoms. The quantitative estimate of drug-likeness (QED) is 0.242. The van der Waals surface area contributed by atoms with E-state index in [4.69, 9.17) is 5.73 Å². The van der Waals surface area contributed by atoms with Crippen LogP contribution in [0.15, 0.2) is 61.3 Å². The Morgan fingerprint density at radius 2 is 1.82 bits per heavy atom. The average molecular weight is 484 g/mol. The van der Waals surface area contributed by atoms with Crippen LogP contribution in [0.3, 0.4) is 0 Å². The second kappa shape index (κ2) is 9.20. The highest BCUT2D eigenvalue weighted by Crippen LogP contribution is 2.22. The number of thioether (sulfide) groups is 1. The van der Waals surface area contributed by atoms with Gasteiger partial charge in [0, 0.05) is 13.6 Å². The first kappa shape index (κ1) is 22.7. The number of aromatic nitrogens is 4. The first-order valence-electron chi connectivity index (χ1n) is 10.1. The second-order valence-corrected chi connectivity index (χ2v) is 9.13. The number of hydrogen-bond donors (Lipinski definition) is 1. The molecule has 0 aliphatic rings. The average Bonchev–Trinajstić information content (AvgIpc) is 3.29. The molecule has 0 saturated heterocycles. The molecule has 1 aromatic carbocycles. The fourth-order valence-electron chi connectivity index (χ4n) is 3.48. The van der Waals surface area contributed by atoms with Gasteiger partial charge >= 0.3 is 5.69 Å². The highest BCUT2D eigenvalue weighted by atomic mass is 32.2. The van der Waals surface area contributed by atoms with E-state index in [1.165, 1.54) is 27.5 Å². The molecule has 9 nitrogen and oxygen atoms in total. The zero-order valence-electron chi connectivity index (χ0n) is 18.0. The number of nitrogens with zero attached hydrogens (tertiary/aromatic N) is 4. The van der Waals surface area contributed by atoms with Gasteiger partial charge in [0.25, 0.3) is 11.1 Å². The Balaban J connectivity index is 1.69. The number of thiophene rings is 1. The zero-order valence-corrected chi connectivity index (χ0v) is 19.6. The fraction of sp³-hybridized carbons (Fsp3) is 0.227. The summed E-state index contributed by atoms with van der Waals surface area (Å²) in [7, 11) is 1.32. The third-order valence-electron chi connectivity index (χ3n) is 5.23. The van der Waals surface area contributed by atoms with E-state index >= 15 is 0 Å². The molecule has 170 valence electrons. The van der Waals surface area contributed by atoms with E-state index in [1.807, 2.05) is 37.3 Å². The number of benzene rings is 1. The Morgan fingerprint density at radius 3 is 2.52 bits per heavy atom. The van der Waals surface area contributed by atoms with E-state index in [9.17, 15) is 19.2 Å². The largest absolute Gasteiger partial charge is 0.384 e. The van der Waals surface area contributed by atoms with Crippen LogP contribution in [0.1, 0.15) is 22.8 Å². The predicted octanol–water partition coefficient (Wildman–Crippen LogP) is 1.94. The van der Waals surface area contributed by atoms with Crippen molar-refractivity contribution >= 4 is 44.9 Å². The molecule has 0 amide bonds. The van der Waals surface area contributed by atoms with Gasteiger partial charge in [-0.15, -0.1) is 11.3 Å². The number of carbonyl (C=O) groups is 1.